The summed E-state index contributed by atoms with van der Waals surface area (Å²) in [4.78, 5) is 24.2. The van der Waals surface area contributed by atoms with Crippen molar-refractivity contribution < 1.29 is 9.72 Å². The van der Waals surface area contributed by atoms with E-state index in [2.05, 4.69) is 29.4 Å². The normalized spacial score (nSPS) is 22.8. The molecule has 2 unspecified atom stereocenters. The summed E-state index contributed by atoms with van der Waals surface area (Å²) in [7, 11) is 0. The highest BCUT2D eigenvalue weighted by Gasteiger charge is 2.22. The second-order valence-electron chi connectivity index (χ2n) is 5.52. The van der Waals surface area contributed by atoms with Gasteiger partial charge >= 0.3 is 0 Å². The highest BCUT2D eigenvalue weighted by molar-refractivity contribution is 5.92. The van der Waals surface area contributed by atoms with Crippen LogP contribution in [0.5, 0.6) is 0 Å². The summed E-state index contributed by atoms with van der Waals surface area (Å²) >= 11 is 0. The Balaban J connectivity index is 1.88. The molecule has 1 fully saturated rings. The number of nitrogens with one attached hydrogen (secondary N) is 2. The standard InChI is InChI=1S/C14H20N4O3/c1-10-7-17(8-11(2)15-10)9-14(19)16-12-3-5-13(6-4-12)18(20)21/h3-6,10-11,15H,7-9H2,1-2H3,(H,16,19). The van der Waals surface area contributed by atoms with E-state index in [0.717, 1.165) is 13.1 Å². The zero-order valence-electron chi connectivity index (χ0n) is 12.2. The van der Waals surface area contributed by atoms with Crippen LogP contribution in [0.25, 0.3) is 0 Å². The van der Waals surface area contributed by atoms with E-state index in [1.807, 2.05) is 0 Å². The minimum atomic E-state index is -0.463. The molecule has 21 heavy (non-hydrogen) atoms. The van der Waals surface area contributed by atoms with Crippen molar-refractivity contribution in [3.05, 3.63) is 34.4 Å². The summed E-state index contributed by atoms with van der Waals surface area (Å²) < 4.78 is 0. The number of piperazine rings is 1. The van der Waals surface area contributed by atoms with E-state index < -0.39 is 4.92 Å². The van der Waals surface area contributed by atoms with Crippen LogP contribution in [0.15, 0.2) is 24.3 Å². The molecule has 2 N–H and O–H groups in total. The van der Waals surface area contributed by atoms with Crippen LogP contribution in [0.2, 0.25) is 0 Å². The molecule has 1 saturated heterocycles. The number of hydrogen-bond acceptors (Lipinski definition) is 5. The van der Waals surface area contributed by atoms with Crippen LogP contribution in [0, 0.1) is 10.1 Å². The maximum Gasteiger partial charge on any atom is 0.269 e. The first-order chi connectivity index (χ1) is 9.94. The number of benzene rings is 1. The van der Waals surface area contributed by atoms with Crippen molar-refractivity contribution in [3.63, 3.8) is 0 Å². The molecule has 0 saturated carbocycles. The second kappa shape index (κ2) is 6.64. The number of rotatable bonds is 4. The summed E-state index contributed by atoms with van der Waals surface area (Å²) in [5.41, 5.74) is 0.583. The van der Waals surface area contributed by atoms with Crippen LogP contribution in [-0.4, -0.2) is 47.4 Å². The van der Waals surface area contributed by atoms with Gasteiger partial charge in [0.05, 0.1) is 11.5 Å². The minimum absolute atomic E-state index is 0.0118. The monoisotopic (exact) mass is 292 g/mol. The Labute approximate surface area is 123 Å². The van der Waals surface area contributed by atoms with Gasteiger partial charge in [0.2, 0.25) is 5.91 Å². The average Bonchev–Trinajstić information content (AvgIpc) is 2.37. The molecule has 2 rings (SSSR count). The van der Waals surface area contributed by atoms with E-state index in [0.29, 0.717) is 24.3 Å². The number of anilines is 1. The molecule has 114 valence electrons. The first-order valence-electron chi connectivity index (χ1n) is 6.97. The molecular formula is C14H20N4O3. The molecule has 7 heteroatoms. The lowest BCUT2D eigenvalue weighted by molar-refractivity contribution is -0.384. The van der Waals surface area contributed by atoms with Crippen molar-refractivity contribution in [1.29, 1.82) is 0 Å². The van der Waals surface area contributed by atoms with Crippen LogP contribution < -0.4 is 10.6 Å². The Morgan fingerprint density at radius 3 is 2.43 bits per heavy atom. The lowest BCUT2D eigenvalue weighted by Gasteiger charge is -2.35. The summed E-state index contributed by atoms with van der Waals surface area (Å²) in [6.45, 7) is 6.18. The topological polar surface area (TPSA) is 87.5 Å². The highest BCUT2D eigenvalue weighted by Crippen LogP contribution is 2.15. The number of hydrogen-bond donors (Lipinski definition) is 2. The number of amides is 1. The van der Waals surface area contributed by atoms with Crippen molar-refractivity contribution in [3.8, 4) is 0 Å². The SMILES string of the molecule is CC1CN(CC(=O)Nc2ccc([N+](=O)[O-])cc2)CC(C)N1. The molecule has 1 aromatic rings. The van der Waals surface area contributed by atoms with Gasteiger partial charge in [-0.3, -0.25) is 19.8 Å². The van der Waals surface area contributed by atoms with Crippen LogP contribution >= 0.6 is 0 Å². The van der Waals surface area contributed by atoms with Crippen molar-refractivity contribution in [2.45, 2.75) is 25.9 Å². The molecular weight excluding hydrogens is 272 g/mol. The molecule has 0 radical (unpaired) electrons. The van der Waals surface area contributed by atoms with Crippen molar-refractivity contribution >= 4 is 17.3 Å². The van der Waals surface area contributed by atoms with Gasteiger partial charge in [-0.1, -0.05) is 0 Å². The predicted octanol–water partition coefficient (Wildman–Crippen LogP) is 1.22. The first kappa shape index (κ1) is 15.4. The minimum Gasteiger partial charge on any atom is -0.325 e. The molecule has 0 bridgehead atoms. The summed E-state index contributed by atoms with van der Waals surface area (Å²) in [5.74, 6) is -0.106. The fourth-order valence-electron chi connectivity index (χ4n) is 2.64. The van der Waals surface area contributed by atoms with Crippen molar-refractivity contribution in [2.24, 2.45) is 0 Å². The lowest BCUT2D eigenvalue weighted by atomic mass is 10.1. The maximum atomic E-state index is 12.0. The largest absolute Gasteiger partial charge is 0.325 e. The smallest absolute Gasteiger partial charge is 0.269 e. The molecule has 1 aromatic carbocycles. The zero-order valence-corrected chi connectivity index (χ0v) is 12.2. The molecule has 0 aromatic heterocycles. The molecule has 2 atom stereocenters. The molecule has 1 aliphatic rings. The van der Waals surface area contributed by atoms with E-state index in [1.165, 1.54) is 12.1 Å². The van der Waals surface area contributed by atoms with Gasteiger partial charge in [0.25, 0.3) is 5.69 Å². The number of nitro groups is 1. The number of non-ortho nitro benzene ring substituents is 1. The fourth-order valence-corrected chi connectivity index (χ4v) is 2.64. The van der Waals surface area contributed by atoms with E-state index in [1.54, 1.807) is 12.1 Å². The summed E-state index contributed by atoms with van der Waals surface area (Å²) in [6, 6.07) is 6.56. The quantitative estimate of drug-likeness (QED) is 0.643. The Hall–Kier alpha value is -1.99. The fraction of sp³-hybridized carbons (Fsp3) is 0.500. The average molecular weight is 292 g/mol. The van der Waals surface area contributed by atoms with Gasteiger partial charge in [-0.25, -0.2) is 0 Å². The third kappa shape index (κ3) is 4.51. The van der Waals surface area contributed by atoms with Crippen molar-refractivity contribution in [1.82, 2.24) is 10.2 Å². The number of nitrogens with zero attached hydrogens (tertiary/aromatic N) is 2. The summed E-state index contributed by atoms with van der Waals surface area (Å²) in [6.07, 6.45) is 0. The lowest BCUT2D eigenvalue weighted by Crippen LogP contribution is -2.55. The van der Waals surface area contributed by atoms with Crippen molar-refractivity contribution in [2.75, 3.05) is 25.0 Å². The Kier molecular flexibility index (Phi) is 4.87. The number of carbonyl (C=O) groups excluding carboxylic acids is 1. The molecule has 1 heterocycles. The highest BCUT2D eigenvalue weighted by atomic mass is 16.6. The third-order valence-corrected chi connectivity index (χ3v) is 3.36. The van der Waals surface area contributed by atoms with Crippen LogP contribution in [0.1, 0.15) is 13.8 Å². The van der Waals surface area contributed by atoms with E-state index >= 15 is 0 Å². The Bertz CT molecular complexity index is 507. The molecule has 0 spiro atoms. The van der Waals surface area contributed by atoms with Gasteiger partial charge in [0.15, 0.2) is 0 Å². The van der Waals surface area contributed by atoms with Crippen LogP contribution in [0.3, 0.4) is 0 Å². The molecule has 1 aliphatic heterocycles. The number of nitro benzene ring substituents is 1. The van der Waals surface area contributed by atoms with Gasteiger partial charge < -0.3 is 10.6 Å². The Morgan fingerprint density at radius 1 is 1.33 bits per heavy atom. The molecule has 1 amide bonds. The molecule has 7 nitrogen and oxygen atoms in total. The van der Waals surface area contributed by atoms with Gasteiger partial charge in [0, 0.05) is 43.0 Å². The van der Waals surface area contributed by atoms with Gasteiger partial charge in [0.1, 0.15) is 0 Å². The summed E-state index contributed by atoms with van der Waals surface area (Å²) in [5, 5.41) is 16.7. The number of carbonyl (C=O) groups is 1. The second-order valence-corrected chi connectivity index (χ2v) is 5.52. The third-order valence-electron chi connectivity index (χ3n) is 3.36. The van der Waals surface area contributed by atoms with Crippen LogP contribution in [0.4, 0.5) is 11.4 Å². The van der Waals surface area contributed by atoms with E-state index in [9.17, 15) is 14.9 Å². The maximum absolute atomic E-state index is 12.0. The zero-order chi connectivity index (χ0) is 15.4. The van der Waals surface area contributed by atoms with Gasteiger partial charge in [-0.2, -0.15) is 0 Å². The predicted molar refractivity (Wildman–Crippen MR) is 80.2 cm³/mol. The van der Waals surface area contributed by atoms with E-state index in [4.69, 9.17) is 0 Å². The first-order valence-corrected chi connectivity index (χ1v) is 6.97. The van der Waals surface area contributed by atoms with Gasteiger partial charge in [-0.05, 0) is 26.0 Å². The van der Waals surface area contributed by atoms with Crippen LogP contribution in [-0.2, 0) is 4.79 Å². The Morgan fingerprint density at radius 2 is 1.90 bits per heavy atom. The van der Waals surface area contributed by atoms with Gasteiger partial charge in [-0.15, -0.1) is 0 Å². The van der Waals surface area contributed by atoms with E-state index in [-0.39, 0.29) is 11.6 Å². The molecule has 0 aliphatic carbocycles.